The van der Waals surface area contributed by atoms with E-state index in [-0.39, 0.29) is 6.04 Å². The number of aromatic nitrogens is 2. The number of para-hydroxylation sites is 2. The van der Waals surface area contributed by atoms with Crippen molar-refractivity contribution in [1.29, 1.82) is 0 Å². The lowest BCUT2D eigenvalue weighted by Gasteiger charge is -2.26. The van der Waals surface area contributed by atoms with Crippen molar-refractivity contribution in [2.24, 2.45) is 7.05 Å². The first-order chi connectivity index (χ1) is 9.65. The van der Waals surface area contributed by atoms with Gasteiger partial charge >= 0.3 is 0 Å². The first kappa shape index (κ1) is 13.8. The number of nitrogens with zero attached hydrogens (tertiary/aromatic N) is 2. The van der Waals surface area contributed by atoms with Crippen LogP contribution in [0.5, 0.6) is 0 Å². The van der Waals surface area contributed by atoms with Crippen LogP contribution in [0.15, 0.2) is 24.3 Å². The molecule has 0 saturated carbocycles. The van der Waals surface area contributed by atoms with Crippen molar-refractivity contribution in [2.45, 2.75) is 31.8 Å². The van der Waals surface area contributed by atoms with E-state index in [0.717, 1.165) is 35.7 Å². The van der Waals surface area contributed by atoms with Crippen LogP contribution in [0.4, 0.5) is 0 Å². The zero-order valence-electron chi connectivity index (χ0n) is 12.0. The van der Waals surface area contributed by atoms with E-state index >= 15 is 0 Å². The molecule has 0 bridgehead atoms. The Morgan fingerprint density at radius 2 is 2.05 bits per heavy atom. The highest BCUT2D eigenvalue weighted by Gasteiger charge is 2.22. The van der Waals surface area contributed by atoms with Crippen LogP contribution in [0.2, 0.25) is 0 Å². The lowest BCUT2D eigenvalue weighted by molar-refractivity contribution is 0.412. The molecule has 3 rings (SSSR count). The molecule has 1 saturated heterocycles. The molecular formula is C15H21N3OS. The van der Waals surface area contributed by atoms with Crippen molar-refractivity contribution < 1.29 is 4.21 Å². The Morgan fingerprint density at radius 1 is 1.35 bits per heavy atom. The van der Waals surface area contributed by atoms with E-state index in [1.165, 1.54) is 5.52 Å². The van der Waals surface area contributed by atoms with E-state index in [4.69, 9.17) is 4.98 Å². The van der Waals surface area contributed by atoms with Gasteiger partial charge < -0.3 is 9.88 Å². The van der Waals surface area contributed by atoms with E-state index in [1.54, 1.807) is 0 Å². The highest BCUT2D eigenvalue weighted by Crippen LogP contribution is 2.21. The van der Waals surface area contributed by atoms with Gasteiger partial charge in [-0.05, 0) is 31.9 Å². The van der Waals surface area contributed by atoms with Gasteiger partial charge in [-0.1, -0.05) is 12.1 Å². The summed E-state index contributed by atoms with van der Waals surface area (Å²) in [5.41, 5.74) is 2.21. The maximum atomic E-state index is 11.4. The average Bonchev–Trinajstić information content (AvgIpc) is 2.79. The predicted molar refractivity (Wildman–Crippen MR) is 83.2 cm³/mol. The third-order valence-electron chi connectivity index (χ3n) is 4.08. The first-order valence-electron chi connectivity index (χ1n) is 7.17. The van der Waals surface area contributed by atoms with E-state index in [0.29, 0.717) is 6.04 Å². The standard InChI is InChI=1S/C15H21N3OS/c1-11(16-12-7-9-20(19)10-8-12)15-17-13-5-3-4-6-14(13)18(15)2/h3-6,11-12,16H,7-10H2,1-2H3. The van der Waals surface area contributed by atoms with Crippen LogP contribution >= 0.6 is 0 Å². The van der Waals surface area contributed by atoms with E-state index in [9.17, 15) is 4.21 Å². The molecule has 1 aliphatic rings. The summed E-state index contributed by atoms with van der Waals surface area (Å²) in [5.74, 6) is 2.72. The molecule has 1 aliphatic heterocycles. The summed E-state index contributed by atoms with van der Waals surface area (Å²) in [5, 5.41) is 3.64. The summed E-state index contributed by atoms with van der Waals surface area (Å²) in [6, 6.07) is 8.89. The summed E-state index contributed by atoms with van der Waals surface area (Å²) in [4.78, 5) is 4.73. The number of hydrogen-bond donors (Lipinski definition) is 1. The number of imidazole rings is 1. The molecule has 2 heterocycles. The normalized spacial score (nSPS) is 24.9. The third-order valence-corrected chi connectivity index (χ3v) is 5.46. The predicted octanol–water partition coefficient (Wildman–Crippen LogP) is 2.14. The quantitative estimate of drug-likeness (QED) is 0.942. The Labute approximate surface area is 122 Å². The Morgan fingerprint density at radius 3 is 2.75 bits per heavy atom. The van der Waals surface area contributed by atoms with Crippen molar-refractivity contribution in [1.82, 2.24) is 14.9 Å². The van der Waals surface area contributed by atoms with Crippen LogP contribution in [-0.4, -0.2) is 31.3 Å². The van der Waals surface area contributed by atoms with E-state index in [2.05, 4.69) is 36.0 Å². The summed E-state index contributed by atoms with van der Waals surface area (Å²) in [6.45, 7) is 2.16. The lowest BCUT2D eigenvalue weighted by Crippen LogP contribution is -2.37. The Bertz CT molecular complexity index is 627. The van der Waals surface area contributed by atoms with Crippen LogP contribution in [-0.2, 0) is 17.8 Å². The van der Waals surface area contributed by atoms with Gasteiger partial charge in [0.2, 0.25) is 0 Å². The fourth-order valence-electron chi connectivity index (χ4n) is 2.94. The molecule has 0 radical (unpaired) electrons. The van der Waals surface area contributed by atoms with Gasteiger partial charge in [-0.25, -0.2) is 4.98 Å². The molecule has 20 heavy (non-hydrogen) atoms. The van der Waals surface area contributed by atoms with Crippen LogP contribution < -0.4 is 5.32 Å². The van der Waals surface area contributed by atoms with Crippen molar-refractivity contribution in [3.05, 3.63) is 30.1 Å². The van der Waals surface area contributed by atoms with E-state index in [1.807, 2.05) is 12.1 Å². The van der Waals surface area contributed by atoms with Gasteiger partial charge in [-0.2, -0.15) is 0 Å². The highest BCUT2D eigenvalue weighted by atomic mass is 32.2. The molecule has 0 spiro atoms. The van der Waals surface area contributed by atoms with Gasteiger partial charge in [0.05, 0.1) is 17.1 Å². The van der Waals surface area contributed by atoms with Gasteiger partial charge in [-0.15, -0.1) is 0 Å². The molecule has 2 aromatic rings. The third kappa shape index (κ3) is 2.65. The van der Waals surface area contributed by atoms with Gasteiger partial charge in [0.25, 0.3) is 0 Å². The Balaban J connectivity index is 1.77. The van der Waals surface area contributed by atoms with Crippen molar-refractivity contribution >= 4 is 21.8 Å². The van der Waals surface area contributed by atoms with Crippen molar-refractivity contribution in [3.8, 4) is 0 Å². The van der Waals surface area contributed by atoms with Crippen LogP contribution in [0.1, 0.15) is 31.6 Å². The molecule has 5 heteroatoms. The maximum Gasteiger partial charge on any atom is 0.126 e. The number of hydrogen-bond acceptors (Lipinski definition) is 3. The van der Waals surface area contributed by atoms with Gasteiger partial charge in [0, 0.05) is 35.4 Å². The SMILES string of the molecule is CC(NC1CCS(=O)CC1)c1nc2ccccc2n1C. The summed E-state index contributed by atoms with van der Waals surface area (Å²) in [6.07, 6.45) is 2.00. The fourth-order valence-corrected chi connectivity index (χ4v) is 4.24. The van der Waals surface area contributed by atoms with Crippen LogP contribution in [0.25, 0.3) is 11.0 Å². The Kier molecular flexibility index (Phi) is 3.89. The molecule has 4 nitrogen and oxygen atoms in total. The topological polar surface area (TPSA) is 46.9 Å². The largest absolute Gasteiger partial charge is 0.330 e. The van der Waals surface area contributed by atoms with Gasteiger partial charge in [0.1, 0.15) is 5.82 Å². The minimum atomic E-state index is -0.598. The molecule has 108 valence electrons. The molecule has 1 atom stereocenters. The van der Waals surface area contributed by atoms with Crippen molar-refractivity contribution in [3.63, 3.8) is 0 Å². The number of aryl methyl sites for hydroxylation is 1. The fraction of sp³-hybridized carbons (Fsp3) is 0.533. The van der Waals surface area contributed by atoms with Gasteiger partial charge in [0.15, 0.2) is 0 Å². The minimum Gasteiger partial charge on any atom is -0.330 e. The van der Waals surface area contributed by atoms with Crippen LogP contribution in [0, 0.1) is 0 Å². The molecule has 1 aromatic carbocycles. The zero-order chi connectivity index (χ0) is 14.1. The molecule has 1 aromatic heterocycles. The second-order valence-corrected chi connectivity index (χ2v) is 7.22. The van der Waals surface area contributed by atoms with Crippen LogP contribution in [0.3, 0.4) is 0 Å². The number of nitrogens with one attached hydrogen (secondary N) is 1. The molecule has 0 amide bonds. The monoisotopic (exact) mass is 291 g/mol. The number of rotatable bonds is 3. The summed E-state index contributed by atoms with van der Waals surface area (Å²) < 4.78 is 13.6. The Hall–Kier alpha value is -1.20. The molecule has 0 aliphatic carbocycles. The van der Waals surface area contributed by atoms with E-state index < -0.39 is 10.8 Å². The average molecular weight is 291 g/mol. The van der Waals surface area contributed by atoms with Crippen molar-refractivity contribution in [2.75, 3.05) is 11.5 Å². The zero-order valence-corrected chi connectivity index (χ0v) is 12.8. The molecule has 1 unspecified atom stereocenters. The first-order valence-corrected chi connectivity index (χ1v) is 8.66. The number of benzene rings is 1. The lowest BCUT2D eigenvalue weighted by atomic mass is 10.1. The summed E-state index contributed by atoms with van der Waals surface area (Å²) >= 11 is 0. The highest BCUT2D eigenvalue weighted by molar-refractivity contribution is 7.85. The minimum absolute atomic E-state index is 0.212. The molecule has 1 N–H and O–H groups in total. The smallest absolute Gasteiger partial charge is 0.126 e. The number of fused-ring (bicyclic) bond motifs is 1. The maximum absolute atomic E-state index is 11.4. The molecular weight excluding hydrogens is 270 g/mol. The second kappa shape index (κ2) is 5.66. The second-order valence-electron chi connectivity index (χ2n) is 5.53. The molecule has 1 fully saturated rings. The summed E-state index contributed by atoms with van der Waals surface area (Å²) in [7, 11) is 1.47. The van der Waals surface area contributed by atoms with Gasteiger partial charge in [-0.3, -0.25) is 4.21 Å².